The Morgan fingerprint density at radius 1 is 1.18 bits per heavy atom. The number of fused-ring (bicyclic) bond motifs is 2. The van der Waals surface area contributed by atoms with Gasteiger partial charge in [0.15, 0.2) is 6.29 Å². The summed E-state index contributed by atoms with van der Waals surface area (Å²) in [6.45, 7) is 4.39. The highest BCUT2D eigenvalue weighted by molar-refractivity contribution is 9.10. The van der Waals surface area contributed by atoms with Crippen molar-refractivity contribution in [3.63, 3.8) is 0 Å². The first kappa shape index (κ1) is 16.2. The van der Waals surface area contributed by atoms with E-state index in [9.17, 15) is 8.42 Å². The molecule has 2 aliphatic heterocycles. The molecule has 1 aromatic rings. The van der Waals surface area contributed by atoms with E-state index >= 15 is 0 Å². The van der Waals surface area contributed by atoms with Gasteiger partial charge in [-0.1, -0.05) is 29.8 Å². The largest absolute Gasteiger partial charge is 0.449 e. The van der Waals surface area contributed by atoms with E-state index < -0.39 is 22.8 Å². The van der Waals surface area contributed by atoms with Crippen molar-refractivity contribution in [1.82, 2.24) is 0 Å². The normalized spacial score (nSPS) is 34.6. The molecule has 122 valence electrons. The monoisotopic (exact) mass is 392 g/mol. The Labute approximate surface area is 138 Å². The van der Waals surface area contributed by atoms with Crippen LogP contribution in [0.3, 0.4) is 0 Å². The van der Waals surface area contributed by atoms with Crippen LogP contribution in [-0.2, 0) is 24.1 Å². The van der Waals surface area contributed by atoms with Crippen LogP contribution in [0.15, 0.2) is 28.7 Å². The average Bonchev–Trinajstić information content (AvgIpc) is 2.91. The molecule has 1 aromatic carbocycles. The van der Waals surface area contributed by atoms with Gasteiger partial charge in [-0.25, -0.2) is 4.18 Å². The molecular weight excluding hydrogens is 376 g/mol. The fourth-order valence-electron chi connectivity index (χ4n) is 2.67. The first-order chi connectivity index (χ1) is 10.4. The smallest absolute Gasteiger partial charge is 0.362 e. The number of halogens is 1. The zero-order chi connectivity index (χ0) is 15.9. The molecule has 0 N–H and O–H groups in total. The van der Waals surface area contributed by atoms with Crippen molar-refractivity contribution >= 4 is 26.3 Å². The molecule has 0 spiro atoms. The lowest BCUT2D eigenvalue weighted by Gasteiger charge is -2.36. The first-order valence-electron chi connectivity index (χ1n) is 7.01. The van der Waals surface area contributed by atoms with Crippen LogP contribution in [-0.4, -0.2) is 33.5 Å². The molecule has 0 aromatic heterocycles. The first-order valence-corrected chi connectivity index (χ1v) is 9.14. The predicted octanol–water partition coefficient (Wildman–Crippen LogP) is 2.49. The summed E-state index contributed by atoms with van der Waals surface area (Å²) in [7, 11) is -4.20. The fraction of sp³-hybridized carbons (Fsp3) is 0.571. The van der Waals surface area contributed by atoms with Crippen molar-refractivity contribution in [2.75, 3.05) is 6.61 Å². The Morgan fingerprint density at radius 2 is 1.86 bits per heavy atom. The molecule has 2 bridgehead atoms. The standard InChI is InChI=1S/C14H17BrO6S/c1-8-9(2)13(14-18-7-12(8)19-14)21-22(16,17)20-11-5-3-10(15)4-6-11/h3-6,8-9,12-14H,7H2,1-2H3/t8-,9-,12?,13?,14+/m0/s1. The third-order valence-electron chi connectivity index (χ3n) is 4.18. The van der Waals surface area contributed by atoms with E-state index in [1.54, 1.807) is 12.1 Å². The van der Waals surface area contributed by atoms with Gasteiger partial charge in [-0.2, -0.15) is 8.42 Å². The highest BCUT2D eigenvalue weighted by Gasteiger charge is 2.49. The lowest BCUT2D eigenvalue weighted by atomic mass is 9.85. The molecule has 8 heteroatoms. The van der Waals surface area contributed by atoms with E-state index in [0.717, 1.165) is 4.47 Å². The molecule has 22 heavy (non-hydrogen) atoms. The van der Waals surface area contributed by atoms with E-state index in [2.05, 4.69) is 15.9 Å². The van der Waals surface area contributed by atoms with Gasteiger partial charge >= 0.3 is 10.4 Å². The van der Waals surface area contributed by atoms with Gasteiger partial charge in [0.2, 0.25) is 0 Å². The number of hydrogen-bond donors (Lipinski definition) is 0. The van der Waals surface area contributed by atoms with E-state index in [1.165, 1.54) is 12.1 Å². The Morgan fingerprint density at radius 3 is 2.55 bits per heavy atom. The molecule has 2 aliphatic rings. The minimum atomic E-state index is -4.20. The van der Waals surface area contributed by atoms with Gasteiger partial charge < -0.3 is 13.7 Å². The number of hydrogen-bond acceptors (Lipinski definition) is 6. The van der Waals surface area contributed by atoms with Gasteiger partial charge in [0.25, 0.3) is 0 Å². The zero-order valence-corrected chi connectivity index (χ0v) is 14.5. The summed E-state index contributed by atoms with van der Waals surface area (Å²) in [5, 5.41) is 0. The van der Waals surface area contributed by atoms with Crippen molar-refractivity contribution in [2.45, 2.75) is 32.3 Å². The summed E-state index contributed by atoms with van der Waals surface area (Å²) in [6.07, 6.45) is -1.39. The van der Waals surface area contributed by atoms with Gasteiger partial charge in [0.05, 0.1) is 12.7 Å². The van der Waals surface area contributed by atoms with E-state index in [0.29, 0.717) is 6.61 Å². The van der Waals surface area contributed by atoms with E-state index in [1.807, 2.05) is 13.8 Å². The lowest BCUT2D eigenvalue weighted by Crippen LogP contribution is -2.47. The van der Waals surface area contributed by atoms with Crippen LogP contribution in [0.2, 0.25) is 0 Å². The van der Waals surface area contributed by atoms with Crippen molar-refractivity contribution in [1.29, 1.82) is 0 Å². The average molecular weight is 393 g/mol. The summed E-state index contributed by atoms with van der Waals surface area (Å²) in [4.78, 5) is 0. The molecular formula is C14H17BrO6S. The third-order valence-corrected chi connectivity index (χ3v) is 5.56. The van der Waals surface area contributed by atoms with Crippen LogP contribution in [0.1, 0.15) is 13.8 Å². The topological polar surface area (TPSA) is 71.1 Å². The molecule has 2 unspecified atom stereocenters. The van der Waals surface area contributed by atoms with Crippen LogP contribution in [0.4, 0.5) is 0 Å². The molecule has 0 amide bonds. The van der Waals surface area contributed by atoms with Crippen LogP contribution in [0, 0.1) is 11.8 Å². The van der Waals surface area contributed by atoms with E-state index in [-0.39, 0.29) is 23.7 Å². The number of benzene rings is 1. The second kappa shape index (κ2) is 6.09. The van der Waals surface area contributed by atoms with Gasteiger partial charge in [0, 0.05) is 4.47 Å². The Hall–Kier alpha value is -0.670. The molecule has 5 atom stereocenters. The van der Waals surface area contributed by atoms with Crippen LogP contribution in [0.25, 0.3) is 0 Å². The quantitative estimate of drug-likeness (QED) is 0.783. The minimum absolute atomic E-state index is 0.00468. The Bertz CT molecular complexity index is 631. The van der Waals surface area contributed by atoms with Crippen molar-refractivity contribution in [2.24, 2.45) is 11.8 Å². The van der Waals surface area contributed by atoms with Gasteiger partial charge in [0.1, 0.15) is 11.9 Å². The third kappa shape index (κ3) is 3.30. The Balaban J connectivity index is 1.72. The maximum Gasteiger partial charge on any atom is 0.449 e. The van der Waals surface area contributed by atoms with Gasteiger partial charge in [-0.05, 0) is 36.1 Å². The maximum absolute atomic E-state index is 12.1. The number of ether oxygens (including phenoxy) is 2. The van der Waals surface area contributed by atoms with Gasteiger partial charge in [-0.15, -0.1) is 0 Å². The SMILES string of the molecule is C[C@@H]1C2CO[C@H](O2)C(OS(=O)(=O)Oc2ccc(Br)cc2)[C@H]1C. The summed E-state index contributed by atoms with van der Waals surface area (Å²) in [5.74, 6) is 0.312. The summed E-state index contributed by atoms with van der Waals surface area (Å²) in [6, 6.07) is 6.45. The molecule has 0 aliphatic carbocycles. The maximum atomic E-state index is 12.1. The molecule has 2 saturated heterocycles. The second-order valence-electron chi connectivity index (χ2n) is 5.60. The van der Waals surface area contributed by atoms with Crippen molar-refractivity contribution < 1.29 is 26.3 Å². The van der Waals surface area contributed by atoms with Crippen LogP contribution >= 0.6 is 15.9 Å². The molecule has 3 rings (SSSR count). The fourth-order valence-corrected chi connectivity index (χ4v) is 3.86. The molecule has 0 radical (unpaired) electrons. The lowest BCUT2D eigenvalue weighted by molar-refractivity contribution is -0.178. The summed E-state index contributed by atoms with van der Waals surface area (Å²) in [5.41, 5.74) is 0. The predicted molar refractivity (Wildman–Crippen MR) is 81.5 cm³/mol. The van der Waals surface area contributed by atoms with Crippen molar-refractivity contribution in [3.8, 4) is 5.75 Å². The molecule has 2 heterocycles. The Kier molecular flexibility index (Phi) is 4.48. The highest BCUT2D eigenvalue weighted by atomic mass is 79.9. The highest BCUT2D eigenvalue weighted by Crippen LogP contribution is 2.38. The second-order valence-corrected chi connectivity index (χ2v) is 7.69. The molecule has 2 fully saturated rings. The number of rotatable bonds is 4. The summed E-state index contributed by atoms with van der Waals surface area (Å²) < 4.78 is 46.3. The van der Waals surface area contributed by atoms with E-state index in [4.69, 9.17) is 17.8 Å². The van der Waals surface area contributed by atoms with Gasteiger partial charge in [-0.3, -0.25) is 0 Å². The molecule has 0 saturated carbocycles. The zero-order valence-electron chi connectivity index (χ0n) is 12.1. The molecule has 6 nitrogen and oxygen atoms in total. The summed E-state index contributed by atoms with van der Waals surface area (Å²) >= 11 is 3.27. The van der Waals surface area contributed by atoms with Crippen LogP contribution in [0.5, 0.6) is 5.75 Å². The van der Waals surface area contributed by atoms with Crippen LogP contribution < -0.4 is 4.18 Å². The minimum Gasteiger partial charge on any atom is -0.362 e. The van der Waals surface area contributed by atoms with Crippen molar-refractivity contribution in [3.05, 3.63) is 28.7 Å².